The number of nitrogens with one attached hydrogen (secondary N) is 1. The molecule has 2 atom stereocenters. The van der Waals surface area contributed by atoms with E-state index in [1.165, 1.54) is 25.7 Å². The Morgan fingerprint density at radius 2 is 2.23 bits per heavy atom. The van der Waals surface area contributed by atoms with E-state index in [1.54, 1.807) is 6.33 Å². The summed E-state index contributed by atoms with van der Waals surface area (Å²) in [5.74, 6) is 2.26. The smallest absolute Gasteiger partial charge is 0.141 e. The molecule has 1 fully saturated rings. The number of allylic oxidation sites excluding steroid dienone is 1. The lowest BCUT2D eigenvalue weighted by Gasteiger charge is -2.27. The number of aromatic nitrogens is 2. The van der Waals surface area contributed by atoms with Crippen molar-refractivity contribution in [2.45, 2.75) is 45.6 Å². The van der Waals surface area contributed by atoms with Crippen LogP contribution < -0.4 is 16.0 Å². The van der Waals surface area contributed by atoms with E-state index in [4.69, 9.17) is 5.73 Å². The van der Waals surface area contributed by atoms with Gasteiger partial charge in [0.15, 0.2) is 0 Å². The van der Waals surface area contributed by atoms with Gasteiger partial charge in [-0.2, -0.15) is 0 Å². The Kier molecular flexibility index (Phi) is 6.19. The topological polar surface area (TPSA) is 67.1 Å². The Labute approximate surface area is 134 Å². The van der Waals surface area contributed by atoms with Crippen molar-refractivity contribution >= 4 is 17.7 Å². The zero-order chi connectivity index (χ0) is 15.9. The molecular weight excluding hydrogens is 274 g/mol. The highest BCUT2D eigenvalue weighted by Gasteiger charge is 2.29. The van der Waals surface area contributed by atoms with Gasteiger partial charge in [0.05, 0.1) is 5.56 Å². The molecule has 0 aliphatic heterocycles. The fourth-order valence-electron chi connectivity index (χ4n) is 3.25. The summed E-state index contributed by atoms with van der Waals surface area (Å²) in [5, 5.41) is 3.54. The van der Waals surface area contributed by atoms with Crippen LogP contribution in [-0.4, -0.2) is 36.1 Å². The van der Waals surface area contributed by atoms with Gasteiger partial charge in [0.25, 0.3) is 0 Å². The first-order valence-electron chi connectivity index (χ1n) is 8.34. The number of hydrogen-bond donors (Lipinski definition) is 2. The Bertz CT molecular complexity index is 500. The standard InChI is InChI=1S/C17H29N5/c1-4-6-15-16(18)20-12-21-17(15)22(3)14-8-7-13(10-14)11-19-9-5-2/h4,6,12-14,19H,5,7-11H2,1-3H3,(H2,18,20,21)/b6-4-. The van der Waals surface area contributed by atoms with Crippen LogP contribution in [0.1, 0.15) is 45.1 Å². The first kappa shape index (κ1) is 16.7. The van der Waals surface area contributed by atoms with Crippen LogP contribution in [0.5, 0.6) is 0 Å². The number of nitrogens with two attached hydrogens (primary N) is 1. The molecule has 122 valence electrons. The highest BCUT2D eigenvalue weighted by molar-refractivity contribution is 5.72. The lowest BCUT2D eigenvalue weighted by atomic mass is 10.1. The van der Waals surface area contributed by atoms with Crippen LogP contribution in [0.4, 0.5) is 11.6 Å². The molecule has 0 amide bonds. The molecule has 1 aliphatic rings. The second kappa shape index (κ2) is 8.13. The number of nitrogens with zero attached hydrogens (tertiary/aromatic N) is 3. The molecule has 0 aromatic carbocycles. The summed E-state index contributed by atoms with van der Waals surface area (Å²) in [7, 11) is 2.13. The van der Waals surface area contributed by atoms with E-state index in [9.17, 15) is 0 Å². The van der Waals surface area contributed by atoms with Crippen LogP contribution >= 0.6 is 0 Å². The van der Waals surface area contributed by atoms with Gasteiger partial charge in [0, 0.05) is 13.1 Å². The Hall–Kier alpha value is -1.62. The molecule has 0 bridgehead atoms. The minimum absolute atomic E-state index is 0.534. The van der Waals surface area contributed by atoms with Crippen molar-refractivity contribution < 1.29 is 0 Å². The van der Waals surface area contributed by atoms with Crippen molar-refractivity contribution in [3.05, 3.63) is 18.0 Å². The van der Waals surface area contributed by atoms with Gasteiger partial charge < -0.3 is 16.0 Å². The molecule has 22 heavy (non-hydrogen) atoms. The number of rotatable bonds is 7. The molecule has 1 aromatic heterocycles. The van der Waals surface area contributed by atoms with Crippen LogP contribution in [0.2, 0.25) is 0 Å². The van der Waals surface area contributed by atoms with Crippen LogP contribution in [0.15, 0.2) is 12.4 Å². The average Bonchev–Trinajstić information content (AvgIpc) is 2.98. The lowest BCUT2D eigenvalue weighted by molar-refractivity contribution is 0.480. The Morgan fingerprint density at radius 3 is 2.95 bits per heavy atom. The van der Waals surface area contributed by atoms with Gasteiger partial charge in [-0.15, -0.1) is 0 Å². The Morgan fingerprint density at radius 1 is 1.41 bits per heavy atom. The summed E-state index contributed by atoms with van der Waals surface area (Å²) < 4.78 is 0. The van der Waals surface area contributed by atoms with E-state index in [2.05, 4.69) is 34.2 Å². The first-order valence-corrected chi connectivity index (χ1v) is 8.34. The van der Waals surface area contributed by atoms with E-state index >= 15 is 0 Å². The number of anilines is 2. The summed E-state index contributed by atoms with van der Waals surface area (Å²) in [6, 6.07) is 0.534. The fraction of sp³-hybridized carbons (Fsp3) is 0.647. The molecule has 1 heterocycles. The zero-order valence-corrected chi connectivity index (χ0v) is 14.0. The maximum absolute atomic E-state index is 6.01. The van der Waals surface area contributed by atoms with Crippen LogP contribution in [0, 0.1) is 5.92 Å². The van der Waals surface area contributed by atoms with Crippen molar-refractivity contribution in [2.75, 3.05) is 30.8 Å². The normalized spacial score (nSPS) is 21.6. The quantitative estimate of drug-likeness (QED) is 0.758. The van der Waals surface area contributed by atoms with Gasteiger partial charge in [0.1, 0.15) is 18.0 Å². The Balaban J connectivity index is 2.03. The third-order valence-corrected chi connectivity index (χ3v) is 4.48. The summed E-state index contributed by atoms with van der Waals surface area (Å²) in [6.45, 7) is 6.44. The van der Waals surface area contributed by atoms with E-state index in [0.29, 0.717) is 11.9 Å². The van der Waals surface area contributed by atoms with Crippen molar-refractivity contribution in [3.8, 4) is 0 Å². The van der Waals surface area contributed by atoms with Gasteiger partial charge in [-0.1, -0.05) is 19.1 Å². The molecular formula is C17H29N5. The van der Waals surface area contributed by atoms with Gasteiger partial charge in [-0.3, -0.25) is 0 Å². The van der Waals surface area contributed by atoms with E-state index in [1.807, 2.05) is 19.1 Å². The molecule has 0 spiro atoms. The first-order chi connectivity index (χ1) is 10.7. The molecule has 1 aliphatic carbocycles. The van der Waals surface area contributed by atoms with Gasteiger partial charge >= 0.3 is 0 Å². The highest BCUT2D eigenvalue weighted by atomic mass is 15.2. The van der Waals surface area contributed by atoms with Crippen molar-refractivity contribution in [2.24, 2.45) is 5.92 Å². The predicted molar refractivity (Wildman–Crippen MR) is 93.8 cm³/mol. The molecule has 2 rings (SSSR count). The largest absolute Gasteiger partial charge is 0.383 e. The molecule has 5 heteroatoms. The summed E-state index contributed by atoms with van der Waals surface area (Å²) >= 11 is 0. The molecule has 1 saturated carbocycles. The SMILES string of the molecule is C/C=C\c1c(N)ncnc1N(C)C1CCC(CNCCC)C1. The molecule has 3 N–H and O–H groups in total. The van der Waals surface area contributed by atoms with Crippen molar-refractivity contribution in [1.82, 2.24) is 15.3 Å². The van der Waals surface area contributed by atoms with E-state index in [0.717, 1.165) is 30.4 Å². The molecule has 0 radical (unpaired) electrons. The predicted octanol–water partition coefficient (Wildman–Crippen LogP) is 2.70. The van der Waals surface area contributed by atoms with Crippen LogP contribution in [-0.2, 0) is 0 Å². The lowest BCUT2D eigenvalue weighted by Crippen LogP contribution is -2.32. The second-order valence-corrected chi connectivity index (χ2v) is 6.14. The van der Waals surface area contributed by atoms with Crippen LogP contribution in [0.3, 0.4) is 0 Å². The summed E-state index contributed by atoms with van der Waals surface area (Å²) in [6.07, 6.45) is 10.5. The van der Waals surface area contributed by atoms with Crippen LogP contribution in [0.25, 0.3) is 6.08 Å². The average molecular weight is 303 g/mol. The van der Waals surface area contributed by atoms with E-state index in [-0.39, 0.29) is 0 Å². The fourth-order valence-corrected chi connectivity index (χ4v) is 3.25. The highest BCUT2D eigenvalue weighted by Crippen LogP contribution is 2.32. The van der Waals surface area contributed by atoms with Gasteiger partial charge in [-0.25, -0.2) is 9.97 Å². The van der Waals surface area contributed by atoms with Crippen molar-refractivity contribution in [1.29, 1.82) is 0 Å². The van der Waals surface area contributed by atoms with E-state index < -0.39 is 0 Å². The number of nitrogen functional groups attached to an aromatic ring is 1. The maximum Gasteiger partial charge on any atom is 0.141 e. The molecule has 1 aromatic rings. The molecule has 0 saturated heterocycles. The minimum Gasteiger partial charge on any atom is -0.383 e. The maximum atomic E-state index is 6.01. The third-order valence-electron chi connectivity index (χ3n) is 4.48. The van der Waals surface area contributed by atoms with Gasteiger partial charge in [0.2, 0.25) is 0 Å². The minimum atomic E-state index is 0.534. The third kappa shape index (κ3) is 3.97. The summed E-state index contributed by atoms with van der Waals surface area (Å²) in [4.78, 5) is 10.9. The van der Waals surface area contributed by atoms with Gasteiger partial charge in [-0.05, 0) is 51.6 Å². The number of hydrogen-bond acceptors (Lipinski definition) is 5. The second-order valence-electron chi connectivity index (χ2n) is 6.14. The molecule has 2 unspecified atom stereocenters. The summed E-state index contributed by atoms with van der Waals surface area (Å²) in [5.41, 5.74) is 6.94. The molecule has 5 nitrogen and oxygen atoms in total. The zero-order valence-electron chi connectivity index (χ0n) is 14.0. The van der Waals surface area contributed by atoms with Crippen molar-refractivity contribution in [3.63, 3.8) is 0 Å². The monoisotopic (exact) mass is 303 g/mol.